The molecule has 0 saturated carbocycles. The Morgan fingerprint density at radius 3 is 2.62 bits per heavy atom. The number of hydrogen-bond acceptors (Lipinski definition) is 5. The van der Waals surface area contributed by atoms with Crippen LogP contribution >= 0.6 is 0 Å². The van der Waals surface area contributed by atoms with Crippen molar-refractivity contribution in [3.63, 3.8) is 0 Å². The predicted octanol–water partition coefficient (Wildman–Crippen LogP) is 1.68. The molecule has 0 aliphatic heterocycles. The number of carbonyl (C=O) groups is 1. The van der Waals surface area contributed by atoms with Crippen LogP contribution in [0.2, 0.25) is 0 Å². The van der Waals surface area contributed by atoms with Gasteiger partial charge in [-0.2, -0.15) is 0 Å². The summed E-state index contributed by atoms with van der Waals surface area (Å²) in [7, 11) is 0. The molecule has 0 saturated heterocycles. The lowest BCUT2D eigenvalue weighted by molar-refractivity contribution is 0.0697. The summed E-state index contributed by atoms with van der Waals surface area (Å²) >= 11 is 0. The van der Waals surface area contributed by atoms with Crippen LogP contribution in [-0.2, 0) is 6.54 Å². The fourth-order valence-electron chi connectivity index (χ4n) is 2.04. The molecule has 0 atom stereocenters. The number of nitrogens with two attached hydrogens (primary N) is 1. The molecule has 3 N–H and O–H groups in total. The maximum atomic E-state index is 10.9. The zero-order valence-electron chi connectivity index (χ0n) is 10.9. The molecule has 7 heteroatoms. The summed E-state index contributed by atoms with van der Waals surface area (Å²) in [6.07, 6.45) is 1.56. The molecule has 2 aromatic heterocycles. The van der Waals surface area contributed by atoms with Crippen molar-refractivity contribution in [2.45, 2.75) is 6.54 Å². The van der Waals surface area contributed by atoms with Gasteiger partial charge in [-0.3, -0.25) is 0 Å². The fourth-order valence-corrected chi connectivity index (χ4v) is 2.04. The molecular formula is C14H12N4O3. The van der Waals surface area contributed by atoms with Gasteiger partial charge in [0.2, 0.25) is 0 Å². The summed E-state index contributed by atoms with van der Waals surface area (Å²) < 4.78 is 6.97. The second-order valence-corrected chi connectivity index (χ2v) is 4.33. The Morgan fingerprint density at radius 1 is 1.29 bits per heavy atom. The number of aromatic carboxylic acids is 1. The lowest BCUT2D eigenvalue weighted by atomic mass is 10.2. The van der Waals surface area contributed by atoms with E-state index < -0.39 is 5.97 Å². The predicted molar refractivity (Wildman–Crippen MR) is 73.9 cm³/mol. The molecule has 0 radical (unpaired) electrons. The van der Waals surface area contributed by atoms with Crippen molar-refractivity contribution >= 4 is 5.97 Å². The molecule has 0 unspecified atom stereocenters. The van der Waals surface area contributed by atoms with Crippen LogP contribution in [0, 0.1) is 0 Å². The summed E-state index contributed by atoms with van der Waals surface area (Å²) in [6, 6.07) is 9.89. The molecule has 2 heterocycles. The Labute approximate surface area is 119 Å². The lowest BCUT2D eigenvalue weighted by Crippen LogP contribution is -2.03. The van der Waals surface area contributed by atoms with Crippen LogP contribution in [0.3, 0.4) is 0 Å². The Balaban J connectivity index is 2.10. The number of carboxylic acid groups (broad SMARTS) is 1. The summed E-state index contributed by atoms with van der Waals surface area (Å²) in [5.41, 5.74) is 7.82. The largest absolute Gasteiger partial charge is 0.478 e. The monoisotopic (exact) mass is 284 g/mol. The van der Waals surface area contributed by atoms with Gasteiger partial charge < -0.3 is 15.3 Å². The van der Waals surface area contributed by atoms with E-state index in [1.54, 1.807) is 35.2 Å². The highest BCUT2D eigenvalue weighted by atomic mass is 16.4. The first-order chi connectivity index (χ1) is 10.2. The number of furan rings is 1. The minimum Gasteiger partial charge on any atom is -0.478 e. The van der Waals surface area contributed by atoms with Crippen LogP contribution in [0.1, 0.15) is 16.1 Å². The molecule has 1 aromatic carbocycles. The molecule has 7 nitrogen and oxygen atoms in total. The average Bonchev–Trinajstić information content (AvgIpc) is 3.15. The van der Waals surface area contributed by atoms with E-state index in [2.05, 4.69) is 10.3 Å². The van der Waals surface area contributed by atoms with E-state index >= 15 is 0 Å². The smallest absolute Gasteiger partial charge is 0.335 e. The third-order valence-electron chi connectivity index (χ3n) is 3.05. The number of hydrogen-bond donors (Lipinski definition) is 2. The third kappa shape index (κ3) is 2.30. The lowest BCUT2D eigenvalue weighted by Gasteiger charge is -2.05. The minimum absolute atomic E-state index is 0.206. The summed E-state index contributed by atoms with van der Waals surface area (Å²) in [5, 5.41) is 17.0. The second kappa shape index (κ2) is 5.22. The van der Waals surface area contributed by atoms with Crippen molar-refractivity contribution in [3.05, 3.63) is 53.9 Å². The van der Waals surface area contributed by atoms with E-state index in [9.17, 15) is 4.79 Å². The Kier molecular flexibility index (Phi) is 3.25. The summed E-state index contributed by atoms with van der Waals surface area (Å²) in [4.78, 5) is 10.9. The Bertz CT molecular complexity index is 760. The third-order valence-corrected chi connectivity index (χ3v) is 3.05. The van der Waals surface area contributed by atoms with Crippen LogP contribution < -0.4 is 5.73 Å². The molecule has 3 rings (SSSR count). The Hall–Kier alpha value is -2.93. The number of benzene rings is 1. The molecule has 21 heavy (non-hydrogen) atoms. The second-order valence-electron chi connectivity index (χ2n) is 4.33. The van der Waals surface area contributed by atoms with Crippen molar-refractivity contribution in [2.75, 3.05) is 0 Å². The van der Waals surface area contributed by atoms with Crippen molar-refractivity contribution in [2.24, 2.45) is 5.73 Å². The number of rotatable bonds is 4. The molecule has 0 spiro atoms. The number of nitrogens with zero attached hydrogens (tertiary/aromatic N) is 3. The van der Waals surface area contributed by atoms with E-state index in [-0.39, 0.29) is 12.1 Å². The van der Waals surface area contributed by atoms with Crippen LogP contribution in [-0.4, -0.2) is 26.1 Å². The molecule has 0 fully saturated rings. The topological polar surface area (TPSA) is 107 Å². The van der Waals surface area contributed by atoms with Gasteiger partial charge in [-0.1, -0.05) is 5.21 Å². The van der Waals surface area contributed by atoms with Crippen molar-refractivity contribution in [1.29, 1.82) is 0 Å². The van der Waals surface area contributed by atoms with Crippen LogP contribution in [0.25, 0.3) is 17.1 Å². The quantitative estimate of drug-likeness (QED) is 0.754. The zero-order chi connectivity index (χ0) is 14.8. The molecule has 106 valence electrons. The molecular weight excluding hydrogens is 272 g/mol. The standard InChI is InChI=1S/C14H12N4O3/c15-8-11-13(12-2-1-7-21-12)18(17-16-11)10-5-3-9(4-6-10)14(19)20/h1-7H,8,15H2,(H,19,20). The van der Waals surface area contributed by atoms with Crippen LogP contribution in [0.5, 0.6) is 0 Å². The highest BCUT2D eigenvalue weighted by molar-refractivity contribution is 5.87. The van der Waals surface area contributed by atoms with Gasteiger partial charge in [-0.15, -0.1) is 5.10 Å². The van der Waals surface area contributed by atoms with Gasteiger partial charge in [-0.25, -0.2) is 9.48 Å². The first-order valence-electron chi connectivity index (χ1n) is 6.23. The van der Waals surface area contributed by atoms with Crippen molar-refractivity contribution < 1.29 is 14.3 Å². The molecule has 0 amide bonds. The SMILES string of the molecule is NCc1nnn(-c2ccc(C(=O)O)cc2)c1-c1ccco1. The maximum Gasteiger partial charge on any atom is 0.335 e. The van der Waals surface area contributed by atoms with Gasteiger partial charge >= 0.3 is 5.97 Å². The van der Waals surface area contributed by atoms with Gasteiger partial charge in [0.15, 0.2) is 5.76 Å². The van der Waals surface area contributed by atoms with E-state index in [0.29, 0.717) is 22.8 Å². The zero-order valence-corrected chi connectivity index (χ0v) is 10.9. The first-order valence-corrected chi connectivity index (χ1v) is 6.23. The van der Waals surface area contributed by atoms with Gasteiger partial charge in [0.05, 0.1) is 17.5 Å². The van der Waals surface area contributed by atoms with E-state index in [1.807, 2.05) is 0 Å². The van der Waals surface area contributed by atoms with E-state index in [4.69, 9.17) is 15.3 Å². The van der Waals surface area contributed by atoms with Gasteiger partial charge in [-0.05, 0) is 36.4 Å². The normalized spacial score (nSPS) is 10.7. The van der Waals surface area contributed by atoms with Crippen molar-refractivity contribution in [1.82, 2.24) is 15.0 Å². The number of carboxylic acids is 1. The molecule has 0 bridgehead atoms. The highest BCUT2D eigenvalue weighted by Crippen LogP contribution is 2.25. The van der Waals surface area contributed by atoms with Gasteiger partial charge in [0.1, 0.15) is 11.4 Å². The highest BCUT2D eigenvalue weighted by Gasteiger charge is 2.17. The summed E-state index contributed by atoms with van der Waals surface area (Å²) in [6.45, 7) is 0.225. The van der Waals surface area contributed by atoms with Crippen molar-refractivity contribution in [3.8, 4) is 17.1 Å². The van der Waals surface area contributed by atoms with E-state index in [1.165, 1.54) is 12.1 Å². The minimum atomic E-state index is -0.978. The average molecular weight is 284 g/mol. The summed E-state index contributed by atoms with van der Waals surface area (Å²) in [5.74, 6) is -0.378. The van der Waals surface area contributed by atoms with Crippen LogP contribution in [0.4, 0.5) is 0 Å². The van der Waals surface area contributed by atoms with E-state index in [0.717, 1.165) is 0 Å². The van der Waals surface area contributed by atoms with Gasteiger partial charge in [0.25, 0.3) is 0 Å². The Morgan fingerprint density at radius 2 is 2.05 bits per heavy atom. The molecule has 0 aliphatic carbocycles. The maximum absolute atomic E-state index is 10.9. The fraction of sp³-hybridized carbons (Fsp3) is 0.0714. The first kappa shape index (κ1) is 13.1. The number of aromatic nitrogens is 3. The molecule has 3 aromatic rings. The molecule has 0 aliphatic rings. The van der Waals surface area contributed by atoms with Crippen LogP contribution in [0.15, 0.2) is 47.1 Å². The van der Waals surface area contributed by atoms with Gasteiger partial charge in [0, 0.05) is 6.54 Å².